The lowest BCUT2D eigenvalue weighted by atomic mass is 10.7. The molecule has 1 aromatic heterocycles. The van der Waals surface area contributed by atoms with Gasteiger partial charge in [0.15, 0.2) is 5.06 Å². The monoisotopic (exact) mass is 115 g/mol. The number of hydrogen-bond donors (Lipinski definition) is 0. The molecule has 0 aliphatic carbocycles. The second kappa shape index (κ2) is 1.93. The Balaban J connectivity index is 2.76. The second-order valence-corrected chi connectivity index (χ2v) is 1.83. The highest BCUT2D eigenvalue weighted by Crippen LogP contribution is 2.12. The third-order valence-electron chi connectivity index (χ3n) is 0.615. The van der Waals surface area contributed by atoms with E-state index in [1.54, 1.807) is 13.3 Å². The highest BCUT2D eigenvalue weighted by atomic mass is 32.1. The van der Waals surface area contributed by atoms with Crippen molar-refractivity contribution in [3.05, 3.63) is 12.3 Å². The first-order valence-electron chi connectivity index (χ1n) is 1.88. The summed E-state index contributed by atoms with van der Waals surface area (Å²) < 4.78 is 8.62. The zero-order chi connectivity index (χ0) is 5.11. The Morgan fingerprint density at radius 3 is 3.00 bits per heavy atom. The van der Waals surface area contributed by atoms with Crippen LogP contribution < -0.4 is 4.74 Å². The molecule has 38 valence electrons. The molecule has 1 heterocycles. The average Bonchev–Trinajstić information content (AvgIpc) is 2.14. The topological polar surface area (TPSA) is 22.1 Å². The summed E-state index contributed by atoms with van der Waals surface area (Å²) in [7, 11) is 1.63. The van der Waals surface area contributed by atoms with Crippen molar-refractivity contribution in [1.82, 2.24) is 4.37 Å². The summed E-state index contributed by atoms with van der Waals surface area (Å²) in [6.07, 6.45) is 1.71. The molecule has 0 unspecified atom stereocenters. The number of nitrogens with zero attached hydrogens (tertiary/aromatic N) is 1. The Labute approximate surface area is 45.9 Å². The van der Waals surface area contributed by atoms with Gasteiger partial charge in [-0.25, -0.2) is 0 Å². The van der Waals surface area contributed by atoms with E-state index < -0.39 is 0 Å². The molecule has 0 saturated heterocycles. The van der Waals surface area contributed by atoms with E-state index in [1.807, 2.05) is 6.07 Å². The van der Waals surface area contributed by atoms with Gasteiger partial charge in [0.2, 0.25) is 0 Å². The number of rotatable bonds is 1. The number of aromatic nitrogens is 1. The van der Waals surface area contributed by atoms with E-state index in [4.69, 9.17) is 4.74 Å². The third-order valence-corrected chi connectivity index (χ3v) is 1.33. The molecule has 0 fully saturated rings. The SMILES string of the molecule is COc1ccns1. The molecule has 0 atom stereocenters. The van der Waals surface area contributed by atoms with E-state index in [0.29, 0.717) is 0 Å². The lowest BCUT2D eigenvalue weighted by Crippen LogP contribution is -1.73. The first-order valence-corrected chi connectivity index (χ1v) is 2.65. The van der Waals surface area contributed by atoms with E-state index >= 15 is 0 Å². The smallest absolute Gasteiger partial charge is 0.192 e. The summed E-state index contributed by atoms with van der Waals surface area (Å²) in [5.41, 5.74) is 0. The Bertz CT molecular complexity index is 126. The lowest BCUT2D eigenvalue weighted by Gasteiger charge is -1.84. The summed E-state index contributed by atoms with van der Waals surface area (Å²) in [6, 6.07) is 1.82. The van der Waals surface area contributed by atoms with Crippen LogP contribution in [0.1, 0.15) is 0 Å². The number of ether oxygens (including phenoxy) is 1. The molecule has 3 heteroatoms. The third kappa shape index (κ3) is 0.899. The fraction of sp³-hybridized carbons (Fsp3) is 0.250. The summed E-state index contributed by atoms with van der Waals surface area (Å²) in [6.45, 7) is 0. The van der Waals surface area contributed by atoms with E-state index in [0.717, 1.165) is 5.06 Å². The molecule has 0 bridgehead atoms. The summed E-state index contributed by atoms with van der Waals surface area (Å²) in [5.74, 6) is 0. The zero-order valence-electron chi connectivity index (χ0n) is 3.92. The highest BCUT2D eigenvalue weighted by molar-refractivity contribution is 7.07. The van der Waals surface area contributed by atoms with Gasteiger partial charge in [0.05, 0.1) is 7.11 Å². The van der Waals surface area contributed by atoms with E-state index in [1.165, 1.54) is 11.5 Å². The Morgan fingerprint density at radius 2 is 2.71 bits per heavy atom. The minimum atomic E-state index is 0.861. The van der Waals surface area contributed by atoms with Gasteiger partial charge in [0.1, 0.15) is 0 Å². The van der Waals surface area contributed by atoms with Crippen LogP contribution in [0.25, 0.3) is 0 Å². The molecule has 0 radical (unpaired) electrons. The van der Waals surface area contributed by atoms with Gasteiger partial charge in [-0.1, -0.05) is 0 Å². The maximum Gasteiger partial charge on any atom is 0.192 e. The largest absolute Gasteiger partial charge is 0.486 e. The predicted molar refractivity (Wildman–Crippen MR) is 28.7 cm³/mol. The van der Waals surface area contributed by atoms with Crippen LogP contribution in [-0.2, 0) is 0 Å². The standard InChI is InChI=1S/C4H5NOS/c1-6-4-2-3-5-7-4/h2-3H,1H3. The van der Waals surface area contributed by atoms with Crippen LogP contribution in [0, 0.1) is 0 Å². The van der Waals surface area contributed by atoms with Gasteiger partial charge >= 0.3 is 0 Å². The van der Waals surface area contributed by atoms with Crippen LogP contribution >= 0.6 is 11.5 Å². The Hall–Kier alpha value is -0.570. The molecule has 0 aromatic carbocycles. The maximum absolute atomic E-state index is 4.81. The molecule has 2 nitrogen and oxygen atoms in total. The van der Waals surface area contributed by atoms with E-state index in [-0.39, 0.29) is 0 Å². The number of methoxy groups -OCH3 is 1. The molecule has 0 aliphatic heterocycles. The highest BCUT2D eigenvalue weighted by Gasteiger charge is 1.85. The molecule has 0 N–H and O–H groups in total. The fourth-order valence-corrected chi connectivity index (χ4v) is 0.731. The van der Waals surface area contributed by atoms with Crippen molar-refractivity contribution in [2.24, 2.45) is 0 Å². The first-order chi connectivity index (χ1) is 3.43. The second-order valence-electron chi connectivity index (χ2n) is 1.04. The van der Waals surface area contributed by atoms with Gasteiger partial charge in [0, 0.05) is 23.8 Å². The van der Waals surface area contributed by atoms with Crippen LogP contribution in [0.3, 0.4) is 0 Å². The Morgan fingerprint density at radius 1 is 1.86 bits per heavy atom. The predicted octanol–water partition coefficient (Wildman–Crippen LogP) is 1.15. The van der Waals surface area contributed by atoms with Crippen molar-refractivity contribution in [2.75, 3.05) is 7.11 Å². The molecular weight excluding hydrogens is 110 g/mol. The molecular formula is C4H5NOS. The average molecular weight is 115 g/mol. The summed E-state index contributed by atoms with van der Waals surface area (Å²) in [4.78, 5) is 0. The number of hydrogen-bond acceptors (Lipinski definition) is 3. The van der Waals surface area contributed by atoms with Gasteiger partial charge in [-0.2, -0.15) is 4.37 Å². The molecule has 7 heavy (non-hydrogen) atoms. The zero-order valence-corrected chi connectivity index (χ0v) is 4.73. The maximum atomic E-state index is 4.81. The molecule has 0 aliphatic rings. The summed E-state index contributed by atoms with van der Waals surface area (Å²) >= 11 is 1.35. The van der Waals surface area contributed by atoms with Gasteiger partial charge in [0.25, 0.3) is 0 Å². The van der Waals surface area contributed by atoms with Crippen molar-refractivity contribution >= 4 is 11.5 Å². The van der Waals surface area contributed by atoms with Crippen molar-refractivity contribution in [3.63, 3.8) is 0 Å². The van der Waals surface area contributed by atoms with Gasteiger partial charge < -0.3 is 4.74 Å². The molecule has 1 aromatic rings. The first kappa shape index (κ1) is 4.59. The van der Waals surface area contributed by atoms with Crippen LogP contribution in [-0.4, -0.2) is 11.5 Å². The molecule has 0 spiro atoms. The molecule has 0 saturated carbocycles. The minimum absolute atomic E-state index is 0.861. The van der Waals surface area contributed by atoms with Crippen molar-refractivity contribution in [3.8, 4) is 5.06 Å². The van der Waals surface area contributed by atoms with E-state index in [2.05, 4.69) is 4.37 Å². The Kier molecular flexibility index (Phi) is 1.26. The van der Waals surface area contributed by atoms with Crippen molar-refractivity contribution in [1.29, 1.82) is 0 Å². The van der Waals surface area contributed by atoms with Crippen LogP contribution in [0.4, 0.5) is 0 Å². The van der Waals surface area contributed by atoms with Crippen LogP contribution in [0.5, 0.6) is 5.06 Å². The van der Waals surface area contributed by atoms with Gasteiger partial charge in [-0.05, 0) is 0 Å². The van der Waals surface area contributed by atoms with Gasteiger partial charge in [-0.15, -0.1) is 0 Å². The molecule has 0 amide bonds. The minimum Gasteiger partial charge on any atom is -0.486 e. The normalized spacial score (nSPS) is 8.71. The summed E-state index contributed by atoms with van der Waals surface area (Å²) in [5, 5.41) is 0.861. The van der Waals surface area contributed by atoms with E-state index in [9.17, 15) is 0 Å². The van der Waals surface area contributed by atoms with Crippen molar-refractivity contribution < 1.29 is 4.74 Å². The quantitative estimate of drug-likeness (QED) is 0.547. The van der Waals surface area contributed by atoms with Crippen LogP contribution in [0.15, 0.2) is 12.3 Å². The van der Waals surface area contributed by atoms with Crippen molar-refractivity contribution in [2.45, 2.75) is 0 Å². The lowest BCUT2D eigenvalue weighted by molar-refractivity contribution is 0.427. The van der Waals surface area contributed by atoms with Crippen LogP contribution in [0.2, 0.25) is 0 Å². The fourth-order valence-electron chi connectivity index (χ4n) is 0.309. The molecule has 1 rings (SSSR count). The van der Waals surface area contributed by atoms with Gasteiger partial charge in [-0.3, -0.25) is 0 Å².